The number of esters is 2. The third-order valence-electron chi connectivity index (χ3n) is 11.5. The van der Waals surface area contributed by atoms with Gasteiger partial charge in [0.05, 0.1) is 11.2 Å². The van der Waals surface area contributed by atoms with E-state index in [-0.39, 0.29) is 72.6 Å². The molecular formula is C39H54N2O10. The predicted molar refractivity (Wildman–Crippen MR) is 186 cm³/mol. The van der Waals surface area contributed by atoms with Gasteiger partial charge in [0.2, 0.25) is 0 Å². The third-order valence-corrected chi connectivity index (χ3v) is 11.5. The van der Waals surface area contributed by atoms with Gasteiger partial charge >= 0.3 is 24.1 Å². The lowest BCUT2D eigenvalue weighted by atomic mass is 9.84. The minimum absolute atomic E-state index is 0.0801. The summed E-state index contributed by atoms with van der Waals surface area (Å²) in [6, 6.07) is 0. The molecule has 4 heterocycles. The van der Waals surface area contributed by atoms with Gasteiger partial charge in [-0.1, -0.05) is 44.6 Å². The first-order valence-electron chi connectivity index (χ1n) is 18.8. The lowest BCUT2D eigenvalue weighted by molar-refractivity contribution is -0.140. The van der Waals surface area contributed by atoms with E-state index in [0.29, 0.717) is 49.9 Å². The summed E-state index contributed by atoms with van der Waals surface area (Å²) in [6.45, 7) is 13.5. The number of alkyl carbamates (subject to hydrolysis) is 2. The zero-order valence-electron chi connectivity index (χ0n) is 30.1. The number of unbranched alkanes of at least 4 members (excludes halogenated alkanes) is 4. The van der Waals surface area contributed by atoms with Gasteiger partial charge in [-0.25, -0.2) is 19.2 Å². The highest BCUT2D eigenvalue weighted by atomic mass is 16.7. The van der Waals surface area contributed by atoms with Crippen LogP contribution in [0.25, 0.3) is 0 Å². The molecule has 2 N–H and O–H groups in total. The van der Waals surface area contributed by atoms with Crippen LogP contribution in [0.3, 0.4) is 0 Å². The molecule has 2 aliphatic carbocycles. The smallest absolute Gasteiger partial charge is 0.407 e. The van der Waals surface area contributed by atoms with Crippen molar-refractivity contribution in [1.29, 1.82) is 0 Å². The monoisotopic (exact) mass is 710 g/mol. The van der Waals surface area contributed by atoms with Crippen LogP contribution in [-0.2, 0) is 38.0 Å². The van der Waals surface area contributed by atoms with Crippen LogP contribution >= 0.6 is 0 Å². The van der Waals surface area contributed by atoms with Crippen molar-refractivity contribution >= 4 is 24.1 Å². The highest BCUT2D eigenvalue weighted by Crippen LogP contribution is 2.51. The second-order valence-corrected chi connectivity index (χ2v) is 15.4. The maximum Gasteiger partial charge on any atom is 0.407 e. The van der Waals surface area contributed by atoms with E-state index in [1.54, 1.807) is 0 Å². The van der Waals surface area contributed by atoms with Gasteiger partial charge in [0.1, 0.15) is 37.6 Å². The molecule has 4 saturated heterocycles. The van der Waals surface area contributed by atoms with E-state index in [0.717, 1.165) is 68.9 Å². The number of hydrogen-bond acceptors (Lipinski definition) is 10. The van der Waals surface area contributed by atoms with E-state index in [4.69, 9.17) is 28.4 Å². The number of fused-ring (bicyclic) bond motifs is 6. The van der Waals surface area contributed by atoms with Crippen LogP contribution in [-0.4, -0.2) is 86.0 Å². The Balaban J connectivity index is 0.794. The molecule has 0 aromatic heterocycles. The average molecular weight is 711 g/mol. The highest BCUT2D eigenvalue weighted by molar-refractivity contribution is 5.91. The Bertz CT molecular complexity index is 1350. The Morgan fingerprint density at radius 2 is 1.14 bits per heavy atom. The first-order chi connectivity index (χ1) is 24.5. The van der Waals surface area contributed by atoms with E-state index in [1.807, 2.05) is 0 Å². The molecule has 0 saturated carbocycles. The molecule has 12 heteroatoms. The van der Waals surface area contributed by atoms with Gasteiger partial charge < -0.3 is 39.1 Å². The summed E-state index contributed by atoms with van der Waals surface area (Å²) in [7, 11) is 0. The van der Waals surface area contributed by atoms with Crippen molar-refractivity contribution in [1.82, 2.24) is 10.6 Å². The highest BCUT2D eigenvalue weighted by Gasteiger charge is 2.62. The number of nitrogens with one attached hydrogen (secondary N) is 2. The Morgan fingerprint density at radius 1 is 0.725 bits per heavy atom. The van der Waals surface area contributed by atoms with E-state index in [2.05, 4.69) is 49.8 Å². The first-order valence-corrected chi connectivity index (χ1v) is 18.8. The molecule has 4 aliphatic heterocycles. The maximum atomic E-state index is 12.4. The standard InChI is InChI=1S/C39H54N2O10/c1-24-28-16-14-26(12-10-18-38(3)32(50-38)30(28)48-34(24)42)22-46-36(44)40-20-8-6-5-7-9-21-41-37(45)47-23-27-13-11-19-39(4)33(51-39)31-29(17-15-27)25(2)35(43)49-31/h12-13,28-33H,1-2,5-11,14-23H2,3-4H3,(H,40,44)(H,41,45)/b26-12+,27-13+/t28-,29-,30-,31-,32-,33-,38+,39+/m0/s1. The molecule has 0 spiro atoms. The third kappa shape index (κ3) is 9.06. The zero-order valence-corrected chi connectivity index (χ0v) is 30.1. The van der Waals surface area contributed by atoms with Crippen molar-refractivity contribution in [3.63, 3.8) is 0 Å². The number of carbonyl (C=O) groups is 4. The maximum absolute atomic E-state index is 12.4. The number of epoxide rings is 2. The van der Waals surface area contributed by atoms with Crippen molar-refractivity contribution in [3.8, 4) is 0 Å². The van der Waals surface area contributed by atoms with Gasteiger partial charge in [0.15, 0.2) is 0 Å². The van der Waals surface area contributed by atoms with Gasteiger partial charge in [-0.15, -0.1) is 0 Å². The van der Waals surface area contributed by atoms with E-state index >= 15 is 0 Å². The minimum Gasteiger partial charge on any atom is -0.455 e. The number of rotatable bonds is 12. The fraction of sp³-hybridized carbons (Fsp3) is 0.692. The number of carbonyl (C=O) groups excluding carboxylic acids is 4. The van der Waals surface area contributed by atoms with E-state index < -0.39 is 12.2 Å². The van der Waals surface area contributed by atoms with Crippen LogP contribution in [0, 0.1) is 11.8 Å². The largest absolute Gasteiger partial charge is 0.455 e. The summed E-state index contributed by atoms with van der Waals surface area (Å²) < 4.78 is 34.2. The van der Waals surface area contributed by atoms with Crippen molar-refractivity contribution in [2.24, 2.45) is 11.8 Å². The molecule has 280 valence electrons. The Morgan fingerprint density at radius 3 is 1.57 bits per heavy atom. The summed E-state index contributed by atoms with van der Waals surface area (Å²) in [4.78, 5) is 49.1. The van der Waals surface area contributed by atoms with Gasteiger partial charge in [-0.3, -0.25) is 0 Å². The molecule has 8 atom stereocenters. The summed E-state index contributed by atoms with van der Waals surface area (Å²) in [5.74, 6) is -0.849. The predicted octanol–water partition coefficient (Wildman–Crippen LogP) is 5.90. The number of ether oxygens (including phenoxy) is 6. The summed E-state index contributed by atoms with van der Waals surface area (Å²) in [6.07, 6.45) is 13.3. The van der Waals surface area contributed by atoms with Crippen LogP contribution in [0.5, 0.6) is 0 Å². The summed E-state index contributed by atoms with van der Waals surface area (Å²) in [5.41, 5.74) is 2.47. The fourth-order valence-electron chi connectivity index (χ4n) is 8.08. The normalized spacial score (nSPS) is 36.3. The van der Waals surface area contributed by atoms with Gasteiger partial charge in [0.25, 0.3) is 0 Å². The second-order valence-electron chi connectivity index (χ2n) is 15.4. The van der Waals surface area contributed by atoms with E-state index in [9.17, 15) is 19.2 Å². The van der Waals surface area contributed by atoms with Crippen LogP contribution < -0.4 is 10.6 Å². The second kappa shape index (κ2) is 15.9. The van der Waals surface area contributed by atoms with Crippen LogP contribution in [0.4, 0.5) is 9.59 Å². The molecule has 0 bridgehead atoms. The molecule has 0 radical (unpaired) electrons. The molecule has 6 aliphatic rings. The molecule has 0 aromatic rings. The number of hydrogen-bond donors (Lipinski definition) is 2. The van der Waals surface area contributed by atoms with Crippen LogP contribution in [0.2, 0.25) is 0 Å². The molecule has 12 nitrogen and oxygen atoms in total. The first kappa shape index (κ1) is 37.1. The Labute approximate surface area is 300 Å². The number of allylic oxidation sites excluding steroid dienone is 2. The quantitative estimate of drug-likeness (QED) is 0.0625. The average Bonchev–Trinajstić information content (AvgIpc) is 3.91. The minimum atomic E-state index is -0.437. The molecule has 2 amide bonds. The Hall–Kier alpha value is -3.64. The van der Waals surface area contributed by atoms with Crippen molar-refractivity contribution in [2.75, 3.05) is 26.3 Å². The van der Waals surface area contributed by atoms with Crippen molar-refractivity contribution in [3.05, 3.63) is 47.6 Å². The molecule has 4 fully saturated rings. The zero-order chi connectivity index (χ0) is 36.2. The van der Waals surface area contributed by atoms with Gasteiger partial charge in [0, 0.05) is 36.1 Å². The van der Waals surface area contributed by atoms with Crippen LogP contribution in [0.1, 0.15) is 97.3 Å². The van der Waals surface area contributed by atoms with Gasteiger partial charge in [-0.2, -0.15) is 0 Å². The molecular weight excluding hydrogens is 656 g/mol. The van der Waals surface area contributed by atoms with Crippen LogP contribution in [0.15, 0.2) is 47.6 Å². The van der Waals surface area contributed by atoms with Crippen molar-refractivity contribution < 1.29 is 47.6 Å². The summed E-state index contributed by atoms with van der Waals surface area (Å²) in [5, 5.41) is 5.68. The van der Waals surface area contributed by atoms with Gasteiger partial charge in [-0.05, 0) is 89.2 Å². The molecule has 6 rings (SSSR count). The fourth-order valence-corrected chi connectivity index (χ4v) is 8.08. The topological polar surface area (TPSA) is 154 Å². The molecule has 0 aromatic carbocycles. The lowest BCUT2D eigenvalue weighted by Crippen LogP contribution is -2.29. The Kier molecular flexibility index (Phi) is 11.6. The SMILES string of the molecule is C=C1C(=O)O[C@H]2[C@H]1CC/C(COC(=O)NCCCCCCCNC(=O)OC/C1=C/CC[C@@]3(C)O[C@H]3[C@H]3OC(=O)C(=C)[C@@H]3CC1)=C\CC[C@@]1(C)O[C@@H]21. The molecule has 0 unspecified atom stereocenters. The van der Waals surface area contributed by atoms with E-state index in [1.165, 1.54) is 0 Å². The van der Waals surface area contributed by atoms with Crippen molar-refractivity contribution in [2.45, 2.75) is 133 Å². The summed E-state index contributed by atoms with van der Waals surface area (Å²) >= 11 is 0. The lowest BCUT2D eigenvalue weighted by Gasteiger charge is -2.20. The number of amides is 2. The molecule has 51 heavy (non-hydrogen) atoms.